The molecule has 0 aliphatic carbocycles. The van der Waals surface area contributed by atoms with Gasteiger partial charge in [-0.2, -0.15) is 0 Å². The molecule has 3 aliphatic rings. The molecule has 4 heteroatoms. The molecule has 1 saturated heterocycles. The molecule has 0 aromatic heterocycles. The number of fused-ring (bicyclic) bond motifs is 7. The number of carbonyl (C=O) groups excluding carboxylic acids is 2. The minimum absolute atomic E-state index is 0.0725. The van der Waals surface area contributed by atoms with Crippen molar-refractivity contribution in [3.63, 3.8) is 0 Å². The van der Waals surface area contributed by atoms with Crippen LogP contribution in [-0.4, -0.2) is 29.8 Å². The van der Waals surface area contributed by atoms with Crippen LogP contribution in [0.3, 0.4) is 0 Å². The lowest BCUT2D eigenvalue weighted by atomic mass is 9.82. The van der Waals surface area contributed by atoms with Crippen molar-refractivity contribution in [3.8, 4) is 0 Å². The average molecular weight is 421 g/mol. The van der Waals surface area contributed by atoms with Crippen LogP contribution in [0.4, 0.5) is 5.69 Å². The van der Waals surface area contributed by atoms with Gasteiger partial charge in [-0.3, -0.25) is 14.5 Å². The van der Waals surface area contributed by atoms with Gasteiger partial charge in [0.15, 0.2) is 0 Å². The number of rotatable bonds is 3. The summed E-state index contributed by atoms with van der Waals surface area (Å²) in [6, 6.07) is 26.4. The predicted molar refractivity (Wildman–Crippen MR) is 125 cm³/mol. The van der Waals surface area contributed by atoms with Crippen molar-refractivity contribution in [1.82, 2.24) is 4.90 Å². The normalized spacial score (nSPS) is 21.3. The number of hydrogen-bond donors (Lipinski definition) is 0. The summed E-state index contributed by atoms with van der Waals surface area (Å²) in [5.74, 6) is -0.695. The van der Waals surface area contributed by atoms with Gasteiger partial charge in [-0.25, -0.2) is 0 Å². The largest absolute Gasteiger partial charge is 0.363 e. The number of anilines is 1. The number of hydrogen-bond acceptors (Lipinski definition) is 3. The molecule has 0 radical (unpaired) electrons. The first-order valence-electron chi connectivity index (χ1n) is 11.3. The average Bonchev–Trinajstić information content (AvgIpc) is 2.97. The van der Waals surface area contributed by atoms with Gasteiger partial charge in [-0.05, 0) is 47.2 Å². The molecule has 0 N–H and O–H groups in total. The summed E-state index contributed by atoms with van der Waals surface area (Å²) >= 11 is 0. The highest BCUT2D eigenvalue weighted by Gasteiger charge is 2.51. The second kappa shape index (κ2) is 7.49. The topological polar surface area (TPSA) is 40.6 Å². The predicted octanol–water partition coefficient (Wildman–Crippen LogP) is 4.42. The Labute approximate surface area is 187 Å². The fourth-order valence-electron chi connectivity index (χ4n) is 5.51. The first-order valence-corrected chi connectivity index (χ1v) is 11.3. The van der Waals surface area contributed by atoms with E-state index in [1.165, 1.54) is 10.5 Å². The van der Waals surface area contributed by atoms with Gasteiger partial charge in [0.05, 0.1) is 12.0 Å². The summed E-state index contributed by atoms with van der Waals surface area (Å²) < 4.78 is 0. The molecule has 0 spiro atoms. The molecule has 158 valence electrons. The van der Waals surface area contributed by atoms with Gasteiger partial charge in [-0.15, -0.1) is 0 Å². The summed E-state index contributed by atoms with van der Waals surface area (Å²) in [4.78, 5) is 31.1. The Morgan fingerprint density at radius 1 is 0.844 bits per heavy atom. The summed E-state index contributed by atoms with van der Waals surface area (Å²) in [5.41, 5.74) is 6.31. The summed E-state index contributed by atoms with van der Waals surface area (Å²) in [7, 11) is 0. The number of carbonyl (C=O) groups is 2. The molecule has 4 nitrogen and oxygen atoms in total. The van der Waals surface area contributed by atoms with Crippen LogP contribution in [0.1, 0.15) is 28.3 Å². The van der Waals surface area contributed by atoms with Gasteiger partial charge in [0.2, 0.25) is 5.91 Å². The van der Waals surface area contributed by atoms with Crippen LogP contribution in [0.2, 0.25) is 0 Å². The first kappa shape index (κ1) is 19.1. The van der Waals surface area contributed by atoms with Crippen molar-refractivity contribution in [2.75, 3.05) is 18.0 Å². The highest BCUT2D eigenvalue weighted by molar-refractivity contribution is 6.18. The van der Waals surface area contributed by atoms with E-state index in [0.29, 0.717) is 18.5 Å². The molecule has 3 aromatic rings. The van der Waals surface area contributed by atoms with Crippen molar-refractivity contribution < 1.29 is 9.59 Å². The Kier molecular flexibility index (Phi) is 4.46. The van der Waals surface area contributed by atoms with E-state index in [-0.39, 0.29) is 17.9 Å². The molecule has 32 heavy (non-hydrogen) atoms. The van der Waals surface area contributed by atoms with Gasteiger partial charge >= 0.3 is 0 Å². The van der Waals surface area contributed by atoms with Gasteiger partial charge in [0.25, 0.3) is 5.91 Å². The van der Waals surface area contributed by atoms with Crippen LogP contribution in [0, 0.1) is 5.92 Å². The third-order valence-electron chi connectivity index (χ3n) is 7.03. The highest BCUT2D eigenvalue weighted by Crippen LogP contribution is 2.48. The van der Waals surface area contributed by atoms with Crippen molar-refractivity contribution in [3.05, 3.63) is 107 Å². The van der Waals surface area contributed by atoms with E-state index in [1.807, 2.05) is 60.7 Å². The summed E-state index contributed by atoms with van der Waals surface area (Å²) in [6.45, 7) is 1.24. The van der Waals surface area contributed by atoms with E-state index in [0.717, 1.165) is 35.3 Å². The second-order valence-electron chi connectivity index (χ2n) is 8.75. The minimum atomic E-state index is -0.480. The van der Waals surface area contributed by atoms with Gasteiger partial charge in [0, 0.05) is 24.4 Å². The van der Waals surface area contributed by atoms with Gasteiger partial charge < -0.3 is 4.90 Å². The van der Waals surface area contributed by atoms with E-state index < -0.39 is 5.92 Å². The number of imide groups is 1. The summed E-state index contributed by atoms with van der Waals surface area (Å²) in [5, 5.41) is 0. The van der Waals surface area contributed by atoms with Crippen LogP contribution >= 0.6 is 0 Å². The maximum atomic E-state index is 13.8. The van der Waals surface area contributed by atoms with E-state index in [1.54, 1.807) is 0 Å². The molecular weight excluding hydrogens is 396 g/mol. The van der Waals surface area contributed by atoms with Crippen LogP contribution in [0.15, 0.2) is 84.4 Å². The maximum absolute atomic E-state index is 13.8. The van der Waals surface area contributed by atoms with E-state index in [9.17, 15) is 9.59 Å². The molecule has 1 fully saturated rings. The fraction of sp³-hybridized carbons (Fsp3) is 0.214. The molecule has 2 atom stereocenters. The Morgan fingerprint density at radius 2 is 1.59 bits per heavy atom. The number of amides is 2. The number of nitrogens with zero attached hydrogens (tertiary/aromatic N) is 2. The van der Waals surface area contributed by atoms with Gasteiger partial charge in [-0.1, -0.05) is 72.8 Å². The van der Waals surface area contributed by atoms with Crippen LogP contribution in [0.5, 0.6) is 0 Å². The van der Waals surface area contributed by atoms with Crippen molar-refractivity contribution in [2.24, 2.45) is 5.92 Å². The highest BCUT2D eigenvalue weighted by atomic mass is 16.2. The zero-order valence-corrected chi connectivity index (χ0v) is 17.8. The standard InChI is InChI=1S/C28H24N2O2/c31-27-23-18-21-11-5-7-13-24(21)29-17-15-20-10-4-6-12-22(20)26(29)25(23)28(32)30(27)16-14-19-8-2-1-3-9-19/h1-13,18,25-26H,14-17H2. The van der Waals surface area contributed by atoms with Gasteiger partial charge in [0.1, 0.15) is 0 Å². The monoisotopic (exact) mass is 420 g/mol. The zero-order chi connectivity index (χ0) is 21.7. The molecular formula is C28H24N2O2. The Balaban J connectivity index is 1.45. The molecule has 3 heterocycles. The Hall–Kier alpha value is -3.66. The van der Waals surface area contributed by atoms with E-state index in [2.05, 4.69) is 29.2 Å². The SMILES string of the molecule is O=C1C2=Cc3ccccc3N3CCc4ccccc4C3C2C(=O)N1CCc1ccccc1. The van der Waals surface area contributed by atoms with Crippen LogP contribution in [0.25, 0.3) is 6.08 Å². The van der Waals surface area contributed by atoms with Crippen molar-refractivity contribution in [2.45, 2.75) is 18.9 Å². The van der Waals surface area contributed by atoms with Crippen LogP contribution in [-0.2, 0) is 22.4 Å². The number of likely N-dealkylation sites (tertiary alicyclic amines) is 1. The lowest BCUT2D eigenvalue weighted by Gasteiger charge is -2.41. The van der Waals surface area contributed by atoms with Crippen molar-refractivity contribution in [1.29, 1.82) is 0 Å². The number of benzene rings is 3. The lowest BCUT2D eigenvalue weighted by Crippen LogP contribution is -2.42. The van der Waals surface area contributed by atoms with E-state index in [4.69, 9.17) is 0 Å². The molecule has 6 rings (SSSR count). The molecule has 2 amide bonds. The first-order chi connectivity index (χ1) is 15.7. The quantitative estimate of drug-likeness (QED) is 0.589. The van der Waals surface area contributed by atoms with E-state index >= 15 is 0 Å². The maximum Gasteiger partial charge on any atom is 0.257 e. The van der Waals surface area contributed by atoms with Crippen LogP contribution < -0.4 is 4.90 Å². The van der Waals surface area contributed by atoms with Crippen molar-refractivity contribution >= 4 is 23.6 Å². The molecule has 3 aliphatic heterocycles. The second-order valence-corrected chi connectivity index (χ2v) is 8.75. The lowest BCUT2D eigenvalue weighted by molar-refractivity contribution is -0.139. The summed E-state index contributed by atoms with van der Waals surface area (Å²) in [6.07, 6.45) is 3.56. The Morgan fingerprint density at radius 3 is 2.47 bits per heavy atom. The third-order valence-corrected chi connectivity index (χ3v) is 7.03. The molecule has 0 bridgehead atoms. The zero-order valence-electron chi connectivity index (χ0n) is 17.8. The molecule has 2 unspecified atom stereocenters. The smallest absolute Gasteiger partial charge is 0.257 e. The fourth-order valence-corrected chi connectivity index (χ4v) is 5.51. The molecule has 3 aromatic carbocycles. The Bertz CT molecular complexity index is 1250. The minimum Gasteiger partial charge on any atom is -0.363 e. The number of para-hydroxylation sites is 1. The molecule has 0 saturated carbocycles. The third kappa shape index (κ3) is 2.90.